The number of hydrogen-bond donors (Lipinski definition) is 1. The normalized spacial score (nSPS) is 10.7. The van der Waals surface area contributed by atoms with Gasteiger partial charge in [-0.15, -0.1) is 0 Å². The van der Waals surface area contributed by atoms with E-state index in [1.807, 2.05) is 72.9 Å². The maximum absolute atomic E-state index is 11.0. The maximum Gasteiger partial charge on any atom is 0.303 e. The Morgan fingerprint density at radius 2 is 1.70 bits per heavy atom. The van der Waals surface area contributed by atoms with Crippen molar-refractivity contribution in [3.8, 4) is 17.2 Å². The van der Waals surface area contributed by atoms with Crippen molar-refractivity contribution in [3.63, 3.8) is 0 Å². The highest BCUT2D eigenvalue weighted by Gasteiger charge is 2.10. The maximum atomic E-state index is 11.0. The first-order valence-electron chi connectivity index (χ1n) is 9.71. The van der Waals surface area contributed by atoms with Gasteiger partial charge in [0.1, 0.15) is 23.9 Å². The molecule has 0 aliphatic carbocycles. The first kappa shape index (κ1) is 19.5. The Labute approximate surface area is 174 Å². The number of aliphatic carboxylic acids is 1. The molecule has 0 radical (unpaired) electrons. The van der Waals surface area contributed by atoms with Crippen molar-refractivity contribution in [3.05, 3.63) is 96.2 Å². The van der Waals surface area contributed by atoms with Crippen LogP contribution in [0, 0.1) is 0 Å². The second-order valence-corrected chi connectivity index (χ2v) is 6.90. The standard InChI is InChI=1S/C25H21NO4/c27-25(28)13-11-19-10-12-22(15-24(19)30-21-7-2-1-3-8-21)29-17-18-14-20-6-4-5-9-23(20)26-16-18/h1-10,12,14-16H,11,13,17H2,(H,27,28). The number of pyridine rings is 1. The van der Waals surface area contributed by atoms with Gasteiger partial charge in [0.15, 0.2) is 0 Å². The van der Waals surface area contributed by atoms with Gasteiger partial charge in [-0.2, -0.15) is 0 Å². The van der Waals surface area contributed by atoms with E-state index in [1.165, 1.54) is 0 Å². The predicted molar refractivity (Wildman–Crippen MR) is 115 cm³/mol. The van der Waals surface area contributed by atoms with E-state index in [9.17, 15) is 4.79 Å². The van der Waals surface area contributed by atoms with E-state index in [0.29, 0.717) is 30.3 Å². The summed E-state index contributed by atoms with van der Waals surface area (Å²) in [5.41, 5.74) is 2.73. The molecule has 0 aliphatic heterocycles. The SMILES string of the molecule is O=C(O)CCc1ccc(OCc2cnc3ccccc3c2)cc1Oc1ccccc1. The fourth-order valence-corrected chi connectivity index (χ4v) is 3.15. The third-order valence-corrected chi connectivity index (χ3v) is 4.67. The number of fused-ring (bicyclic) bond motifs is 1. The molecule has 4 rings (SSSR count). The van der Waals surface area contributed by atoms with E-state index in [1.54, 1.807) is 6.07 Å². The van der Waals surface area contributed by atoms with E-state index in [4.69, 9.17) is 14.6 Å². The molecule has 4 aromatic rings. The minimum absolute atomic E-state index is 0.0358. The molecule has 3 aromatic carbocycles. The average Bonchev–Trinajstić information content (AvgIpc) is 2.77. The second kappa shape index (κ2) is 9.09. The summed E-state index contributed by atoms with van der Waals surface area (Å²) in [5.74, 6) is 1.08. The number of rotatable bonds is 8. The van der Waals surface area contributed by atoms with E-state index >= 15 is 0 Å². The molecular formula is C25H21NO4. The topological polar surface area (TPSA) is 68.7 Å². The van der Waals surface area contributed by atoms with Gasteiger partial charge in [-0.05, 0) is 42.3 Å². The summed E-state index contributed by atoms with van der Waals surface area (Å²) in [7, 11) is 0. The smallest absolute Gasteiger partial charge is 0.303 e. The molecule has 150 valence electrons. The number of ether oxygens (including phenoxy) is 2. The zero-order valence-corrected chi connectivity index (χ0v) is 16.3. The van der Waals surface area contributed by atoms with Gasteiger partial charge >= 0.3 is 5.97 Å². The van der Waals surface area contributed by atoms with Gasteiger partial charge in [-0.3, -0.25) is 9.78 Å². The lowest BCUT2D eigenvalue weighted by atomic mass is 10.1. The van der Waals surface area contributed by atoms with Crippen molar-refractivity contribution < 1.29 is 19.4 Å². The summed E-state index contributed by atoms with van der Waals surface area (Å²) in [6.07, 6.45) is 2.23. The summed E-state index contributed by atoms with van der Waals surface area (Å²) < 4.78 is 12.0. The molecule has 1 heterocycles. The van der Waals surface area contributed by atoms with Crippen LogP contribution in [0.3, 0.4) is 0 Å². The van der Waals surface area contributed by atoms with E-state index in [2.05, 4.69) is 11.1 Å². The van der Waals surface area contributed by atoms with E-state index in [0.717, 1.165) is 22.0 Å². The molecule has 0 bridgehead atoms. The van der Waals surface area contributed by atoms with Crippen LogP contribution in [0.1, 0.15) is 17.5 Å². The highest BCUT2D eigenvalue weighted by Crippen LogP contribution is 2.31. The Kier molecular flexibility index (Phi) is 5.90. The van der Waals surface area contributed by atoms with Gasteiger partial charge in [0.25, 0.3) is 0 Å². The van der Waals surface area contributed by atoms with Crippen molar-refractivity contribution in [2.75, 3.05) is 0 Å². The molecular weight excluding hydrogens is 378 g/mol. The van der Waals surface area contributed by atoms with Crippen LogP contribution in [-0.2, 0) is 17.8 Å². The van der Waals surface area contributed by atoms with Crippen molar-refractivity contribution in [1.82, 2.24) is 4.98 Å². The Morgan fingerprint density at radius 3 is 2.53 bits per heavy atom. The summed E-state index contributed by atoms with van der Waals surface area (Å²) in [6, 6.07) is 24.9. The zero-order valence-electron chi connectivity index (χ0n) is 16.3. The Morgan fingerprint density at radius 1 is 0.900 bits per heavy atom. The van der Waals surface area contributed by atoms with Gasteiger partial charge in [0.05, 0.1) is 5.52 Å². The Hall–Kier alpha value is -3.86. The minimum Gasteiger partial charge on any atom is -0.489 e. The van der Waals surface area contributed by atoms with Gasteiger partial charge in [0, 0.05) is 29.6 Å². The minimum atomic E-state index is -0.843. The molecule has 0 fully saturated rings. The highest BCUT2D eigenvalue weighted by atomic mass is 16.5. The number of carbonyl (C=O) groups is 1. The van der Waals surface area contributed by atoms with Crippen LogP contribution in [0.2, 0.25) is 0 Å². The highest BCUT2D eigenvalue weighted by molar-refractivity contribution is 5.78. The first-order chi connectivity index (χ1) is 14.7. The summed E-state index contributed by atoms with van der Waals surface area (Å²) in [4.78, 5) is 15.5. The number of aromatic nitrogens is 1. The van der Waals surface area contributed by atoms with Crippen LogP contribution in [0.15, 0.2) is 85.1 Å². The molecule has 0 aliphatic rings. The molecule has 1 N–H and O–H groups in total. The predicted octanol–water partition coefficient (Wildman–Crippen LogP) is 5.62. The molecule has 0 amide bonds. The molecule has 0 unspecified atom stereocenters. The Balaban J connectivity index is 1.53. The molecule has 5 nitrogen and oxygen atoms in total. The van der Waals surface area contributed by atoms with Crippen LogP contribution in [0.5, 0.6) is 17.2 Å². The zero-order chi connectivity index (χ0) is 20.8. The van der Waals surface area contributed by atoms with Crippen LogP contribution < -0.4 is 9.47 Å². The van der Waals surface area contributed by atoms with Crippen molar-refractivity contribution in [2.24, 2.45) is 0 Å². The lowest BCUT2D eigenvalue weighted by molar-refractivity contribution is -0.136. The van der Waals surface area contributed by atoms with Crippen LogP contribution in [-0.4, -0.2) is 16.1 Å². The molecule has 1 aromatic heterocycles. The summed E-state index contributed by atoms with van der Waals surface area (Å²) in [6.45, 7) is 0.372. The molecule has 0 saturated heterocycles. The van der Waals surface area contributed by atoms with Crippen molar-refractivity contribution >= 4 is 16.9 Å². The third-order valence-electron chi connectivity index (χ3n) is 4.67. The van der Waals surface area contributed by atoms with E-state index < -0.39 is 5.97 Å². The van der Waals surface area contributed by atoms with Crippen molar-refractivity contribution in [2.45, 2.75) is 19.4 Å². The Bertz CT molecular complexity index is 1160. The van der Waals surface area contributed by atoms with Crippen LogP contribution in [0.25, 0.3) is 10.9 Å². The number of benzene rings is 3. The second-order valence-electron chi connectivity index (χ2n) is 6.90. The molecule has 30 heavy (non-hydrogen) atoms. The monoisotopic (exact) mass is 399 g/mol. The fourth-order valence-electron chi connectivity index (χ4n) is 3.15. The summed E-state index contributed by atoms with van der Waals surface area (Å²) in [5, 5.41) is 10.1. The number of nitrogens with zero attached hydrogens (tertiary/aromatic N) is 1. The first-order valence-corrected chi connectivity index (χ1v) is 9.71. The van der Waals surface area contributed by atoms with Crippen LogP contribution in [0.4, 0.5) is 0 Å². The van der Waals surface area contributed by atoms with Gasteiger partial charge < -0.3 is 14.6 Å². The van der Waals surface area contributed by atoms with Gasteiger partial charge in [0.2, 0.25) is 0 Å². The number of carboxylic acids is 1. The number of aryl methyl sites for hydroxylation is 1. The fraction of sp³-hybridized carbons (Fsp3) is 0.120. The lowest BCUT2D eigenvalue weighted by Crippen LogP contribution is -2.01. The number of para-hydroxylation sites is 2. The van der Waals surface area contributed by atoms with Gasteiger partial charge in [-0.1, -0.05) is 42.5 Å². The lowest BCUT2D eigenvalue weighted by Gasteiger charge is -2.14. The average molecular weight is 399 g/mol. The molecule has 0 spiro atoms. The number of carboxylic acid groups (broad SMARTS) is 1. The van der Waals surface area contributed by atoms with Crippen molar-refractivity contribution in [1.29, 1.82) is 0 Å². The third kappa shape index (κ3) is 4.94. The summed E-state index contributed by atoms with van der Waals surface area (Å²) >= 11 is 0. The van der Waals surface area contributed by atoms with Gasteiger partial charge in [-0.25, -0.2) is 0 Å². The quantitative estimate of drug-likeness (QED) is 0.416. The van der Waals surface area contributed by atoms with E-state index in [-0.39, 0.29) is 6.42 Å². The van der Waals surface area contributed by atoms with Crippen LogP contribution >= 0.6 is 0 Å². The molecule has 0 saturated carbocycles. The number of hydrogen-bond acceptors (Lipinski definition) is 4. The molecule has 0 atom stereocenters. The molecule has 5 heteroatoms. The largest absolute Gasteiger partial charge is 0.489 e.